The Labute approximate surface area is 70.2 Å². The summed E-state index contributed by atoms with van der Waals surface area (Å²) >= 11 is 0. The van der Waals surface area contributed by atoms with Gasteiger partial charge in [-0.1, -0.05) is 0 Å². The molecule has 0 aromatic rings. The van der Waals surface area contributed by atoms with Gasteiger partial charge in [0.2, 0.25) is 0 Å². The van der Waals surface area contributed by atoms with Crippen molar-refractivity contribution in [1.82, 2.24) is 0 Å². The first-order valence-corrected chi connectivity index (χ1v) is 3.88. The van der Waals surface area contributed by atoms with Gasteiger partial charge in [0.25, 0.3) is 0 Å². The summed E-state index contributed by atoms with van der Waals surface area (Å²) in [5.74, 6) is 0. The van der Waals surface area contributed by atoms with Crippen LogP contribution in [-0.2, 0) is 4.74 Å². The molecule has 1 rings (SSSR count). The van der Waals surface area contributed by atoms with E-state index in [1.54, 1.807) is 6.92 Å². The lowest BCUT2D eigenvalue weighted by Crippen LogP contribution is -2.57. The van der Waals surface area contributed by atoms with Crippen LogP contribution in [0.25, 0.3) is 0 Å². The normalized spacial score (nSPS) is 49.2. The third kappa shape index (κ3) is 1.60. The quantitative estimate of drug-likeness (QED) is 0.367. The summed E-state index contributed by atoms with van der Waals surface area (Å²) in [5, 5.41) is 36.4. The zero-order chi connectivity index (χ0) is 9.30. The van der Waals surface area contributed by atoms with Crippen molar-refractivity contribution in [2.45, 2.75) is 37.4 Å². The Kier molecular flexibility index (Phi) is 3.03. The Morgan fingerprint density at radius 2 is 1.67 bits per heavy atom. The van der Waals surface area contributed by atoms with Crippen molar-refractivity contribution >= 4 is 0 Å². The first-order chi connectivity index (χ1) is 5.57. The van der Waals surface area contributed by atoms with Gasteiger partial charge in [-0.05, 0) is 6.92 Å². The molecule has 0 radical (unpaired) electrons. The van der Waals surface area contributed by atoms with Crippen LogP contribution in [0.15, 0.2) is 0 Å². The molecule has 0 amide bonds. The van der Waals surface area contributed by atoms with E-state index < -0.39 is 30.5 Å². The number of rotatable bonds is 1. The number of hydrogen-bond donors (Lipinski definition) is 4. The Hall–Kier alpha value is -0.200. The minimum atomic E-state index is -1.24. The molecular formula is C7H14O5. The van der Waals surface area contributed by atoms with Crippen LogP contribution in [-0.4, -0.2) is 57.6 Å². The van der Waals surface area contributed by atoms with E-state index >= 15 is 0 Å². The fourth-order valence-corrected chi connectivity index (χ4v) is 1.29. The van der Waals surface area contributed by atoms with Crippen molar-refractivity contribution in [3.63, 3.8) is 0 Å². The number of aliphatic hydroxyl groups is 4. The van der Waals surface area contributed by atoms with Crippen molar-refractivity contribution in [3.05, 3.63) is 0 Å². The summed E-state index contributed by atoms with van der Waals surface area (Å²) < 4.78 is 5.02. The van der Waals surface area contributed by atoms with Crippen LogP contribution < -0.4 is 0 Å². The lowest BCUT2D eigenvalue weighted by molar-refractivity contribution is -0.224. The van der Waals surface area contributed by atoms with E-state index in [9.17, 15) is 15.3 Å². The molecule has 1 heterocycles. The van der Waals surface area contributed by atoms with Crippen LogP contribution in [0.1, 0.15) is 6.92 Å². The molecule has 0 spiro atoms. The van der Waals surface area contributed by atoms with Crippen LogP contribution in [0.3, 0.4) is 0 Å². The molecule has 0 saturated carbocycles. The molecule has 0 aliphatic carbocycles. The van der Waals surface area contributed by atoms with Gasteiger partial charge in [-0.15, -0.1) is 0 Å². The predicted molar refractivity (Wildman–Crippen MR) is 39.4 cm³/mol. The minimum Gasteiger partial charge on any atom is -0.394 e. The standard InChI is InChI=1S/C7H14O5/c1-3-5(9)7(11)6(10)4(2-8)12-3/h3-11H,2H2,1H3/t3?,4-,5+,6+,7-/m1/s1. The Morgan fingerprint density at radius 3 is 2.17 bits per heavy atom. The van der Waals surface area contributed by atoms with Crippen LogP contribution in [0, 0.1) is 0 Å². The average molecular weight is 178 g/mol. The molecular weight excluding hydrogens is 164 g/mol. The van der Waals surface area contributed by atoms with Crippen LogP contribution in [0.4, 0.5) is 0 Å². The van der Waals surface area contributed by atoms with Gasteiger partial charge in [-0.2, -0.15) is 0 Å². The third-order valence-corrected chi connectivity index (χ3v) is 2.13. The predicted octanol–water partition coefficient (Wildman–Crippen LogP) is -2.15. The largest absolute Gasteiger partial charge is 0.394 e. The molecule has 4 N–H and O–H groups in total. The highest BCUT2D eigenvalue weighted by atomic mass is 16.5. The van der Waals surface area contributed by atoms with Crippen molar-refractivity contribution in [2.75, 3.05) is 6.61 Å². The molecule has 1 aliphatic heterocycles. The lowest BCUT2D eigenvalue weighted by Gasteiger charge is -2.38. The summed E-state index contributed by atoms with van der Waals surface area (Å²) in [6, 6.07) is 0. The smallest absolute Gasteiger partial charge is 0.111 e. The van der Waals surface area contributed by atoms with Crippen LogP contribution in [0.2, 0.25) is 0 Å². The van der Waals surface area contributed by atoms with Gasteiger partial charge in [-0.25, -0.2) is 0 Å². The molecule has 0 bridgehead atoms. The fourth-order valence-electron chi connectivity index (χ4n) is 1.29. The number of hydrogen-bond acceptors (Lipinski definition) is 5. The monoisotopic (exact) mass is 178 g/mol. The van der Waals surface area contributed by atoms with E-state index in [4.69, 9.17) is 9.84 Å². The van der Waals surface area contributed by atoms with Gasteiger partial charge in [0.15, 0.2) is 0 Å². The van der Waals surface area contributed by atoms with Crippen molar-refractivity contribution < 1.29 is 25.2 Å². The molecule has 1 unspecified atom stereocenters. The van der Waals surface area contributed by atoms with E-state index in [-0.39, 0.29) is 6.61 Å². The Morgan fingerprint density at radius 1 is 1.08 bits per heavy atom. The number of aliphatic hydroxyl groups excluding tert-OH is 4. The second-order valence-electron chi connectivity index (χ2n) is 3.03. The van der Waals surface area contributed by atoms with Gasteiger partial charge in [0.1, 0.15) is 24.4 Å². The van der Waals surface area contributed by atoms with Gasteiger partial charge in [0, 0.05) is 0 Å². The van der Waals surface area contributed by atoms with Crippen LogP contribution in [0.5, 0.6) is 0 Å². The van der Waals surface area contributed by atoms with Crippen molar-refractivity contribution in [2.24, 2.45) is 0 Å². The van der Waals surface area contributed by atoms with E-state index in [1.165, 1.54) is 0 Å². The molecule has 5 nitrogen and oxygen atoms in total. The molecule has 1 saturated heterocycles. The van der Waals surface area contributed by atoms with Gasteiger partial charge >= 0.3 is 0 Å². The molecule has 72 valence electrons. The Balaban J connectivity index is 2.63. The van der Waals surface area contributed by atoms with Crippen molar-refractivity contribution in [1.29, 1.82) is 0 Å². The topological polar surface area (TPSA) is 90.2 Å². The molecule has 0 aromatic carbocycles. The Bertz CT molecular complexity index is 146. The second kappa shape index (κ2) is 3.68. The molecule has 1 aliphatic rings. The molecule has 5 atom stereocenters. The fraction of sp³-hybridized carbons (Fsp3) is 1.00. The average Bonchev–Trinajstić information content (AvgIpc) is 2.08. The number of ether oxygens (including phenoxy) is 1. The van der Waals surface area contributed by atoms with E-state index in [2.05, 4.69) is 0 Å². The summed E-state index contributed by atoms with van der Waals surface area (Å²) in [6.45, 7) is 1.21. The highest BCUT2D eigenvalue weighted by molar-refractivity contribution is 4.89. The zero-order valence-corrected chi connectivity index (χ0v) is 6.79. The van der Waals surface area contributed by atoms with E-state index in [1.807, 2.05) is 0 Å². The van der Waals surface area contributed by atoms with E-state index in [0.717, 1.165) is 0 Å². The summed E-state index contributed by atoms with van der Waals surface area (Å²) in [4.78, 5) is 0. The minimum absolute atomic E-state index is 0.366. The van der Waals surface area contributed by atoms with Crippen molar-refractivity contribution in [3.8, 4) is 0 Å². The molecule has 12 heavy (non-hydrogen) atoms. The zero-order valence-electron chi connectivity index (χ0n) is 6.79. The maximum Gasteiger partial charge on any atom is 0.111 e. The summed E-state index contributed by atoms with van der Waals surface area (Å²) in [6.07, 6.45) is -4.94. The SMILES string of the molecule is CC1O[C@H](CO)[C@H](O)[C@H](O)[C@H]1O. The lowest BCUT2D eigenvalue weighted by atomic mass is 9.96. The second-order valence-corrected chi connectivity index (χ2v) is 3.03. The molecule has 1 fully saturated rings. The third-order valence-electron chi connectivity index (χ3n) is 2.13. The van der Waals surface area contributed by atoms with E-state index in [0.29, 0.717) is 0 Å². The van der Waals surface area contributed by atoms with Gasteiger partial charge in [0.05, 0.1) is 12.7 Å². The summed E-state index contributed by atoms with van der Waals surface area (Å²) in [7, 11) is 0. The highest BCUT2D eigenvalue weighted by Crippen LogP contribution is 2.20. The first-order valence-electron chi connectivity index (χ1n) is 3.88. The maximum atomic E-state index is 9.23. The first kappa shape index (κ1) is 9.88. The van der Waals surface area contributed by atoms with Crippen LogP contribution >= 0.6 is 0 Å². The molecule has 0 aromatic heterocycles. The van der Waals surface area contributed by atoms with Gasteiger partial charge in [-0.3, -0.25) is 0 Å². The summed E-state index contributed by atoms with van der Waals surface area (Å²) in [5.41, 5.74) is 0. The maximum absolute atomic E-state index is 9.23. The molecule has 5 heteroatoms. The van der Waals surface area contributed by atoms with Gasteiger partial charge < -0.3 is 25.2 Å². The highest BCUT2D eigenvalue weighted by Gasteiger charge is 2.41.